The quantitative estimate of drug-likeness (QED) is 0.682. The van der Waals surface area contributed by atoms with Gasteiger partial charge in [0.15, 0.2) is 0 Å². The molecular formula is C8H13NOS. The summed E-state index contributed by atoms with van der Waals surface area (Å²) in [5.41, 5.74) is -0.0638. The number of nitrogens with zero attached hydrogens (tertiary/aromatic N) is 1. The summed E-state index contributed by atoms with van der Waals surface area (Å²) in [5.74, 6) is 0. The van der Waals surface area contributed by atoms with E-state index < -0.39 is 0 Å². The lowest BCUT2D eigenvalue weighted by Crippen LogP contribution is -2.18. The van der Waals surface area contributed by atoms with Crippen molar-refractivity contribution in [1.29, 1.82) is 0 Å². The van der Waals surface area contributed by atoms with E-state index in [2.05, 4.69) is 4.98 Å². The highest BCUT2D eigenvalue weighted by atomic mass is 32.1. The van der Waals surface area contributed by atoms with Crippen molar-refractivity contribution in [3.05, 3.63) is 16.6 Å². The minimum Gasteiger partial charge on any atom is -0.369 e. The average Bonchev–Trinajstić information content (AvgIpc) is 2.32. The topological polar surface area (TPSA) is 22.1 Å². The first kappa shape index (κ1) is 8.68. The predicted octanol–water partition coefficient (Wildman–Crippen LogP) is 2.46. The third-order valence-electron chi connectivity index (χ3n) is 1.11. The maximum atomic E-state index is 5.52. The molecule has 3 heteroatoms. The van der Waals surface area contributed by atoms with Crippen LogP contribution in [0.3, 0.4) is 0 Å². The molecule has 0 radical (unpaired) electrons. The lowest BCUT2D eigenvalue weighted by atomic mass is 10.2. The minimum absolute atomic E-state index is 0.0638. The third-order valence-corrected chi connectivity index (χ3v) is 1.87. The predicted molar refractivity (Wildman–Crippen MR) is 46.7 cm³/mol. The van der Waals surface area contributed by atoms with Crippen molar-refractivity contribution in [2.75, 3.05) is 0 Å². The zero-order valence-electron chi connectivity index (χ0n) is 7.13. The van der Waals surface area contributed by atoms with E-state index in [1.165, 1.54) is 0 Å². The SMILES string of the molecule is CC(C)(C)OCc1nccs1. The summed E-state index contributed by atoms with van der Waals surface area (Å²) in [6, 6.07) is 0. The molecule has 2 nitrogen and oxygen atoms in total. The van der Waals surface area contributed by atoms with Crippen LogP contribution in [-0.4, -0.2) is 10.6 Å². The summed E-state index contributed by atoms with van der Waals surface area (Å²) < 4.78 is 5.52. The standard InChI is InChI=1S/C8H13NOS/c1-8(2,3)10-6-7-9-4-5-11-7/h4-5H,6H2,1-3H3. The highest BCUT2D eigenvalue weighted by Gasteiger charge is 2.10. The Labute approximate surface area is 71.2 Å². The fourth-order valence-corrected chi connectivity index (χ4v) is 1.13. The Kier molecular flexibility index (Phi) is 2.62. The smallest absolute Gasteiger partial charge is 0.118 e. The average molecular weight is 171 g/mol. The van der Waals surface area contributed by atoms with Crippen LogP contribution in [0.2, 0.25) is 0 Å². The molecule has 62 valence electrons. The maximum Gasteiger partial charge on any atom is 0.118 e. The lowest BCUT2D eigenvalue weighted by Gasteiger charge is -2.18. The van der Waals surface area contributed by atoms with Crippen molar-refractivity contribution >= 4 is 11.3 Å². The van der Waals surface area contributed by atoms with E-state index in [0.29, 0.717) is 6.61 Å². The van der Waals surface area contributed by atoms with E-state index in [1.54, 1.807) is 17.5 Å². The number of rotatable bonds is 2. The number of hydrogen-bond acceptors (Lipinski definition) is 3. The summed E-state index contributed by atoms with van der Waals surface area (Å²) in [6.45, 7) is 6.75. The monoisotopic (exact) mass is 171 g/mol. The molecule has 0 saturated carbocycles. The third kappa shape index (κ3) is 3.49. The van der Waals surface area contributed by atoms with Crippen LogP contribution in [-0.2, 0) is 11.3 Å². The fraction of sp³-hybridized carbons (Fsp3) is 0.625. The van der Waals surface area contributed by atoms with Gasteiger partial charge in [-0.15, -0.1) is 11.3 Å². The first-order chi connectivity index (χ1) is 5.08. The Hall–Kier alpha value is -0.410. The van der Waals surface area contributed by atoms with Crippen LogP contribution >= 0.6 is 11.3 Å². The molecule has 1 aromatic heterocycles. The number of hydrogen-bond donors (Lipinski definition) is 0. The number of ether oxygens (including phenoxy) is 1. The van der Waals surface area contributed by atoms with Crippen molar-refractivity contribution < 1.29 is 4.74 Å². The highest BCUT2D eigenvalue weighted by Crippen LogP contribution is 2.12. The van der Waals surface area contributed by atoms with E-state index in [0.717, 1.165) is 5.01 Å². The lowest BCUT2D eigenvalue weighted by molar-refractivity contribution is -0.0150. The second-order valence-corrected chi connectivity index (χ2v) is 4.31. The second kappa shape index (κ2) is 3.32. The van der Waals surface area contributed by atoms with E-state index in [-0.39, 0.29) is 5.60 Å². The van der Waals surface area contributed by atoms with Crippen LogP contribution in [0.25, 0.3) is 0 Å². The molecule has 0 unspecified atom stereocenters. The van der Waals surface area contributed by atoms with Crippen LogP contribution in [0.1, 0.15) is 25.8 Å². The first-order valence-corrected chi connectivity index (χ1v) is 4.48. The van der Waals surface area contributed by atoms with Gasteiger partial charge >= 0.3 is 0 Å². The van der Waals surface area contributed by atoms with Gasteiger partial charge in [0, 0.05) is 11.6 Å². The van der Waals surface area contributed by atoms with Gasteiger partial charge in [-0.3, -0.25) is 0 Å². The van der Waals surface area contributed by atoms with Crippen LogP contribution in [0.5, 0.6) is 0 Å². The Morgan fingerprint density at radius 3 is 2.73 bits per heavy atom. The maximum absolute atomic E-state index is 5.52. The molecule has 0 atom stereocenters. The number of thiazole rings is 1. The van der Waals surface area contributed by atoms with E-state index in [9.17, 15) is 0 Å². The molecule has 0 aliphatic rings. The molecule has 0 N–H and O–H groups in total. The summed E-state index contributed by atoms with van der Waals surface area (Å²) >= 11 is 1.63. The van der Waals surface area contributed by atoms with Gasteiger partial charge in [-0.1, -0.05) is 0 Å². The Morgan fingerprint density at radius 1 is 1.55 bits per heavy atom. The molecule has 0 saturated heterocycles. The molecule has 0 fully saturated rings. The summed E-state index contributed by atoms with van der Waals surface area (Å²) in [5, 5.41) is 3.00. The van der Waals surface area contributed by atoms with Gasteiger partial charge in [0.2, 0.25) is 0 Å². The fourth-order valence-electron chi connectivity index (χ4n) is 0.602. The van der Waals surface area contributed by atoms with Crippen molar-refractivity contribution in [3.8, 4) is 0 Å². The Morgan fingerprint density at radius 2 is 2.27 bits per heavy atom. The van der Waals surface area contributed by atoms with E-state index >= 15 is 0 Å². The second-order valence-electron chi connectivity index (χ2n) is 3.33. The molecule has 0 spiro atoms. The van der Waals surface area contributed by atoms with Gasteiger partial charge in [0.25, 0.3) is 0 Å². The molecule has 0 aliphatic heterocycles. The zero-order valence-corrected chi connectivity index (χ0v) is 7.94. The van der Waals surface area contributed by atoms with Gasteiger partial charge < -0.3 is 4.74 Å². The van der Waals surface area contributed by atoms with Crippen LogP contribution < -0.4 is 0 Å². The van der Waals surface area contributed by atoms with Crippen LogP contribution in [0.4, 0.5) is 0 Å². The van der Waals surface area contributed by atoms with Gasteiger partial charge in [0.1, 0.15) is 5.01 Å². The molecular weight excluding hydrogens is 158 g/mol. The summed E-state index contributed by atoms with van der Waals surface area (Å²) in [4.78, 5) is 4.11. The molecule has 1 rings (SSSR count). The normalized spacial score (nSPS) is 11.9. The Bertz CT molecular complexity index is 200. The molecule has 11 heavy (non-hydrogen) atoms. The molecule has 1 heterocycles. The number of aromatic nitrogens is 1. The van der Waals surface area contributed by atoms with E-state index in [4.69, 9.17) is 4.74 Å². The first-order valence-electron chi connectivity index (χ1n) is 3.60. The van der Waals surface area contributed by atoms with E-state index in [1.807, 2.05) is 26.2 Å². The summed E-state index contributed by atoms with van der Waals surface area (Å²) in [6.07, 6.45) is 1.80. The van der Waals surface area contributed by atoms with Gasteiger partial charge in [-0.05, 0) is 20.8 Å². The minimum atomic E-state index is -0.0638. The molecule has 1 aromatic rings. The summed E-state index contributed by atoms with van der Waals surface area (Å²) in [7, 11) is 0. The van der Waals surface area contributed by atoms with Crippen LogP contribution in [0.15, 0.2) is 11.6 Å². The van der Waals surface area contributed by atoms with Crippen molar-refractivity contribution in [2.45, 2.75) is 33.0 Å². The molecule has 0 bridgehead atoms. The van der Waals surface area contributed by atoms with Gasteiger partial charge in [-0.2, -0.15) is 0 Å². The Balaban J connectivity index is 2.35. The molecule has 0 aromatic carbocycles. The van der Waals surface area contributed by atoms with Crippen molar-refractivity contribution in [2.24, 2.45) is 0 Å². The zero-order chi connectivity index (χ0) is 8.32. The van der Waals surface area contributed by atoms with Crippen molar-refractivity contribution in [3.63, 3.8) is 0 Å². The van der Waals surface area contributed by atoms with Crippen molar-refractivity contribution in [1.82, 2.24) is 4.98 Å². The highest BCUT2D eigenvalue weighted by molar-refractivity contribution is 7.09. The van der Waals surface area contributed by atoms with Gasteiger partial charge in [-0.25, -0.2) is 4.98 Å². The molecule has 0 aliphatic carbocycles. The van der Waals surface area contributed by atoms with Crippen LogP contribution in [0, 0.1) is 0 Å². The van der Waals surface area contributed by atoms with Gasteiger partial charge in [0.05, 0.1) is 12.2 Å². The largest absolute Gasteiger partial charge is 0.369 e. The molecule has 0 amide bonds.